The number of benzene rings is 1. The zero-order chi connectivity index (χ0) is 14.5. The molecule has 0 fully saturated rings. The van der Waals surface area contributed by atoms with E-state index in [2.05, 4.69) is 16.6 Å². The van der Waals surface area contributed by atoms with Crippen LogP contribution in [-0.2, 0) is 10.0 Å². The first kappa shape index (κ1) is 15.7. The van der Waals surface area contributed by atoms with E-state index >= 15 is 0 Å². The molecule has 0 aliphatic rings. The molecule has 0 aromatic heterocycles. The topological polar surface area (TPSA) is 66.4 Å². The molecule has 0 amide bonds. The molecule has 1 atom stereocenters. The predicted molar refractivity (Wildman–Crippen MR) is 76.0 cm³/mol. The van der Waals surface area contributed by atoms with Gasteiger partial charge in [0.15, 0.2) is 0 Å². The Labute approximate surface area is 114 Å². The van der Waals surface area contributed by atoms with Crippen LogP contribution < -0.4 is 4.72 Å². The lowest BCUT2D eigenvalue weighted by molar-refractivity contribution is 0.350. The Kier molecular flexibility index (Phi) is 5.55. The molecule has 4 nitrogen and oxygen atoms in total. The van der Waals surface area contributed by atoms with Crippen molar-refractivity contribution in [1.82, 2.24) is 4.72 Å². The van der Waals surface area contributed by atoms with Crippen molar-refractivity contribution in [3.05, 3.63) is 35.4 Å². The molecule has 1 aromatic rings. The monoisotopic (exact) mass is 281 g/mol. The lowest BCUT2D eigenvalue weighted by atomic mass is 10.1. The van der Waals surface area contributed by atoms with Crippen LogP contribution in [0.25, 0.3) is 0 Å². The lowest BCUT2D eigenvalue weighted by Gasteiger charge is -2.16. The molecule has 0 saturated carbocycles. The molecule has 0 aliphatic heterocycles. The fraction of sp³-hybridized carbons (Fsp3) is 0.429. The van der Waals surface area contributed by atoms with Gasteiger partial charge in [0, 0.05) is 11.6 Å². The molecular formula is C14H19NO3S. The second-order valence-electron chi connectivity index (χ2n) is 4.52. The van der Waals surface area contributed by atoms with Crippen LogP contribution in [0, 0.1) is 11.8 Å². The Morgan fingerprint density at radius 2 is 2.00 bits per heavy atom. The molecular weight excluding hydrogens is 262 g/mol. The molecule has 0 spiro atoms. The molecule has 104 valence electrons. The van der Waals surface area contributed by atoms with E-state index in [1.54, 1.807) is 20.8 Å². The Morgan fingerprint density at radius 3 is 2.58 bits per heavy atom. The normalized spacial score (nSPS) is 12.9. The van der Waals surface area contributed by atoms with E-state index in [4.69, 9.17) is 5.11 Å². The van der Waals surface area contributed by atoms with E-state index in [9.17, 15) is 8.42 Å². The maximum atomic E-state index is 11.8. The first-order valence-corrected chi connectivity index (χ1v) is 7.62. The van der Waals surface area contributed by atoms with Gasteiger partial charge in [-0.2, -0.15) is 0 Å². The van der Waals surface area contributed by atoms with Crippen molar-refractivity contribution in [2.75, 3.05) is 6.61 Å². The minimum Gasteiger partial charge on any atom is -0.384 e. The molecule has 5 heteroatoms. The van der Waals surface area contributed by atoms with Crippen molar-refractivity contribution < 1.29 is 13.5 Å². The van der Waals surface area contributed by atoms with Crippen LogP contribution in [0.4, 0.5) is 0 Å². The Hall–Kier alpha value is -1.35. The lowest BCUT2D eigenvalue weighted by Crippen LogP contribution is -2.32. The van der Waals surface area contributed by atoms with Gasteiger partial charge in [0.1, 0.15) is 6.61 Å². The summed E-state index contributed by atoms with van der Waals surface area (Å²) in [6.45, 7) is 4.87. The van der Waals surface area contributed by atoms with Crippen LogP contribution in [0.5, 0.6) is 0 Å². The van der Waals surface area contributed by atoms with Crippen molar-refractivity contribution in [2.45, 2.75) is 32.1 Å². The van der Waals surface area contributed by atoms with Crippen molar-refractivity contribution in [2.24, 2.45) is 0 Å². The van der Waals surface area contributed by atoms with E-state index in [1.807, 2.05) is 24.3 Å². The number of hydrogen-bond donors (Lipinski definition) is 2. The third-order valence-electron chi connectivity index (χ3n) is 2.66. The molecule has 1 unspecified atom stereocenters. The first-order chi connectivity index (χ1) is 8.86. The van der Waals surface area contributed by atoms with E-state index in [1.165, 1.54) is 0 Å². The largest absolute Gasteiger partial charge is 0.384 e. The number of aliphatic hydroxyl groups is 1. The van der Waals surface area contributed by atoms with Gasteiger partial charge >= 0.3 is 0 Å². The smallest absolute Gasteiger partial charge is 0.214 e. The summed E-state index contributed by atoms with van der Waals surface area (Å²) in [6.07, 6.45) is 0. The van der Waals surface area contributed by atoms with Gasteiger partial charge in [-0.3, -0.25) is 0 Å². The Balaban J connectivity index is 2.92. The van der Waals surface area contributed by atoms with Crippen molar-refractivity contribution in [3.63, 3.8) is 0 Å². The number of aliphatic hydroxyl groups excluding tert-OH is 1. The minimum atomic E-state index is -3.30. The summed E-state index contributed by atoms with van der Waals surface area (Å²) < 4.78 is 26.2. The summed E-state index contributed by atoms with van der Waals surface area (Å²) in [5, 5.41) is 8.19. The van der Waals surface area contributed by atoms with Crippen LogP contribution in [0.3, 0.4) is 0 Å². The summed E-state index contributed by atoms with van der Waals surface area (Å²) >= 11 is 0. The Bertz CT molecular complexity index is 582. The Morgan fingerprint density at radius 1 is 1.32 bits per heavy atom. The number of rotatable bonds is 4. The van der Waals surface area contributed by atoms with E-state index in [-0.39, 0.29) is 12.6 Å². The maximum absolute atomic E-state index is 11.8. The van der Waals surface area contributed by atoms with Gasteiger partial charge in [-0.1, -0.05) is 24.0 Å². The quantitative estimate of drug-likeness (QED) is 0.820. The standard InChI is InChI=1S/C14H19NO3S/c1-11(2)19(17,18)15-12(3)14-8-4-6-13(10-14)7-5-9-16/h4,6,8,10-12,15-16H,9H2,1-3H3. The van der Waals surface area contributed by atoms with Crippen LogP contribution in [0.15, 0.2) is 24.3 Å². The van der Waals surface area contributed by atoms with Gasteiger partial charge in [0.25, 0.3) is 0 Å². The van der Waals surface area contributed by atoms with Gasteiger partial charge in [-0.25, -0.2) is 13.1 Å². The molecule has 0 radical (unpaired) electrons. The zero-order valence-corrected chi connectivity index (χ0v) is 12.2. The predicted octanol–water partition coefficient (Wildman–Crippen LogP) is 1.42. The third-order valence-corrected chi connectivity index (χ3v) is 4.58. The fourth-order valence-corrected chi connectivity index (χ4v) is 2.38. The highest BCUT2D eigenvalue weighted by atomic mass is 32.2. The number of sulfonamides is 1. The van der Waals surface area contributed by atoms with Gasteiger partial charge < -0.3 is 5.11 Å². The molecule has 19 heavy (non-hydrogen) atoms. The molecule has 1 rings (SSSR count). The molecule has 2 N–H and O–H groups in total. The van der Waals surface area contributed by atoms with Crippen LogP contribution in [-0.4, -0.2) is 25.4 Å². The van der Waals surface area contributed by atoms with Crippen LogP contribution >= 0.6 is 0 Å². The van der Waals surface area contributed by atoms with E-state index in [0.29, 0.717) is 0 Å². The second-order valence-corrected chi connectivity index (χ2v) is 6.79. The van der Waals surface area contributed by atoms with Crippen molar-refractivity contribution in [3.8, 4) is 11.8 Å². The van der Waals surface area contributed by atoms with E-state index < -0.39 is 15.3 Å². The summed E-state index contributed by atoms with van der Waals surface area (Å²) in [5.41, 5.74) is 1.59. The van der Waals surface area contributed by atoms with E-state index in [0.717, 1.165) is 11.1 Å². The van der Waals surface area contributed by atoms with Crippen molar-refractivity contribution in [1.29, 1.82) is 0 Å². The highest BCUT2D eigenvalue weighted by Gasteiger charge is 2.19. The van der Waals surface area contributed by atoms with Crippen molar-refractivity contribution >= 4 is 10.0 Å². The molecule has 1 aromatic carbocycles. The fourth-order valence-electron chi connectivity index (χ4n) is 1.48. The van der Waals surface area contributed by atoms with Gasteiger partial charge in [0.2, 0.25) is 10.0 Å². The highest BCUT2D eigenvalue weighted by Crippen LogP contribution is 2.15. The zero-order valence-electron chi connectivity index (χ0n) is 11.3. The first-order valence-electron chi connectivity index (χ1n) is 6.07. The summed E-state index contributed by atoms with van der Waals surface area (Å²) in [4.78, 5) is 0. The summed E-state index contributed by atoms with van der Waals surface area (Å²) in [6, 6.07) is 6.98. The molecule has 0 aliphatic carbocycles. The average Bonchev–Trinajstić information content (AvgIpc) is 2.36. The highest BCUT2D eigenvalue weighted by molar-refractivity contribution is 7.90. The molecule has 0 saturated heterocycles. The van der Waals surface area contributed by atoms with Crippen LogP contribution in [0.2, 0.25) is 0 Å². The van der Waals surface area contributed by atoms with Gasteiger partial charge in [-0.15, -0.1) is 0 Å². The molecule has 0 bridgehead atoms. The molecule has 0 heterocycles. The summed E-state index contributed by atoms with van der Waals surface area (Å²) in [5.74, 6) is 5.36. The average molecular weight is 281 g/mol. The second kappa shape index (κ2) is 6.71. The summed E-state index contributed by atoms with van der Waals surface area (Å²) in [7, 11) is -3.30. The van der Waals surface area contributed by atoms with Crippen LogP contribution in [0.1, 0.15) is 37.9 Å². The maximum Gasteiger partial charge on any atom is 0.214 e. The minimum absolute atomic E-state index is 0.195. The SMILES string of the molecule is CC(NS(=O)(=O)C(C)C)c1cccc(C#CCO)c1. The number of hydrogen-bond acceptors (Lipinski definition) is 3. The van der Waals surface area contributed by atoms with Gasteiger partial charge in [0.05, 0.1) is 5.25 Å². The third kappa shape index (κ3) is 4.67. The van der Waals surface area contributed by atoms with Gasteiger partial charge in [-0.05, 0) is 38.5 Å². The number of nitrogens with one attached hydrogen (secondary N) is 1.